The van der Waals surface area contributed by atoms with Crippen molar-refractivity contribution in [2.75, 3.05) is 5.32 Å². The number of pyridine rings is 1. The van der Waals surface area contributed by atoms with Crippen LogP contribution in [0.25, 0.3) is 0 Å². The van der Waals surface area contributed by atoms with Crippen LogP contribution in [0.3, 0.4) is 0 Å². The molecule has 1 aromatic carbocycles. The van der Waals surface area contributed by atoms with Crippen LogP contribution in [0.4, 0.5) is 5.13 Å². The van der Waals surface area contributed by atoms with Crippen LogP contribution in [-0.4, -0.2) is 15.9 Å². The lowest BCUT2D eigenvalue weighted by Crippen LogP contribution is -2.11. The molecule has 0 saturated heterocycles. The van der Waals surface area contributed by atoms with E-state index >= 15 is 0 Å². The van der Waals surface area contributed by atoms with Crippen molar-refractivity contribution >= 4 is 45.6 Å². The second kappa shape index (κ2) is 7.30. The molecule has 7 heteroatoms. The summed E-state index contributed by atoms with van der Waals surface area (Å²) in [6.45, 7) is 1.97. The average molecular weight is 378 g/mol. The molecule has 0 aliphatic heterocycles. The highest BCUT2D eigenvalue weighted by molar-refractivity contribution is 7.15. The minimum absolute atomic E-state index is 0.265. The molecule has 0 radical (unpaired) electrons. The zero-order valence-electron chi connectivity index (χ0n) is 12.7. The molecule has 3 rings (SSSR count). The lowest BCUT2D eigenvalue weighted by atomic mass is 10.1. The molecule has 24 heavy (non-hydrogen) atoms. The Morgan fingerprint density at radius 3 is 2.79 bits per heavy atom. The van der Waals surface area contributed by atoms with Gasteiger partial charge < -0.3 is 0 Å². The van der Waals surface area contributed by atoms with Crippen molar-refractivity contribution in [2.45, 2.75) is 13.3 Å². The molecule has 0 spiro atoms. The van der Waals surface area contributed by atoms with Gasteiger partial charge in [-0.3, -0.25) is 10.1 Å². The number of hydrogen-bond acceptors (Lipinski definition) is 4. The highest BCUT2D eigenvalue weighted by Gasteiger charge is 2.10. The van der Waals surface area contributed by atoms with Gasteiger partial charge in [0, 0.05) is 34.3 Å². The predicted octanol–water partition coefficient (Wildman–Crippen LogP) is 5.00. The summed E-state index contributed by atoms with van der Waals surface area (Å²) in [6.07, 6.45) is 3.97. The van der Waals surface area contributed by atoms with Gasteiger partial charge in [0.25, 0.3) is 5.91 Å². The maximum atomic E-state index is 12.2. The molecule has 0 aliphatic rings. The Morgan fingerprint density at radius 2 is 2.04 bits per heavy atom. The van der Waals surface area contributed by atoms with Gasteiger partial charge in [-0.05, 0) is 36.2 Å². The molecule has 122 valence electrons. The van der Waals surface area contributed by atoms with Crippen molar-refractivity contribution in [1.29, 1.82) is 0 Å². The second-order valence-corrected chi connectivity index (χ2v) is 7.12. The van der Waals surface area contributed by atoms with E-state index in [2.05, 4.69) is 15.3 Å². The van der Waals surface area contributed by atoms with Gasteiger partial charge in [0.15, 0.2) is 5.13 Å². The van der Waals surface area contributed by atoms with Crippen LogP contribution in [0, 0.1) is 6.92 Å². The third kappa shape index (κ3) is 4.12. The van der Waals surface area contributed by atoms with E-state index < -0.39 is 0 Å². The van der Waals surface area contributed by atoms with Gasteiger partial charge in [-0.15, -0.1) is 11.3 Å². The molecule has 2 heterocycles. The standard InChI is InChI=1S/C17H13Cl2N3OS/c1-10-2-3-11(7-14(10)18)6-13-9-21-17(24-13)22-16(23)12-4-5-20-15(19)8-12/h2-5,7-9H,6H2,1H3,(H,21,22,23). The normalized spacial score (nSPS) is 10.6. The van der Waals surface area contributed by atoms with Crippen LogP contribution < -0.4 is 5.32 Å². The fourth-order valence-corrected chi connectivity index (χ4v) is 3.33. The molecule has 0 atom stereocenters. The molecule has 0 aliphatic carbocycles. The predicted molar refractivity (Wildman–Crippen MR) is 98.3 cm³/mol. The summed E-state index contributed by atoms with van der Waals surface area (Å²) in [5, 5.41) is 4.34. The van der Waals surface area contributed by atoms with E-state index in [1.54, 1.807) is 12.3 Å². The molecular formula is C17H13Cl2N3OS. The van der Waals surface area contributed by atoms with Crippen molar-refractivity contribution < 1.29 is 4.79 Å². The summed E-state index contributed by atoms with van der Waals surface area (Å²) in [5.41, 5.74) is 2.60. The zero-order chi connectivity index (χ0) is 17.1. The molecule has 0 bridgehead atoms. The Balaban J connectivity index is 1.69. The SMILES string of the molecule is Cc1ccc(Cc2cnc(NC(=O)c3ccnc(Cl)c3)s2)cc1Cl. The molecular weight excluding hydrogens is 365 g/mol. The Kier molecular flexibility index (Phi) is 5.14. The van der Waals surface area contributed by atoms with E-state index in [1.807, 2.05) is 25.1 Å². The Labute approximate surface area is 153 Å². The summed E-state index contributed by atoms with van der Waals surface area (Å²) in [4.78, 5) is 21.3. The van der Waals surface area contributed by atoms with Crippen molar-refractivity contribution in [2.24, 2.45) is 0 Å². The van der Waals surface area contributed by atoms with Crippen LogP contribution in [0.2, 0.25) is 10.2 Å². The summed E-state index contributed by atoms with van der Waals surface area (Å²) in [7, 11) is 0. The molecule has 3 aromatic rings. The number of benzene rings is 1. The Bertz CT molecular complexity index is 895. The smallest absolute Gasteiger partial charge is 0.257 e. The van der Waals surface area contributed by atoms with Crippen molar-refractivity contribution in [3.05, 3.63) is 74.5 Å². The van der Waals surface area contributed by atoms with E-state index in [0.717, 1.165) is 21.0 Å². The number of halogens is 2. The molecule has 4 nitrogen and oxygen atoms in total. The van der Waals surface area contributed by atoms with Crippen LogP contribution in [0.15, 0.2) is 42.7 Å². The fraction of sp³-hybridized carbons (Fsp3) is 0.118. The van der Waals surface area contributed by atoms with Gasteiger partial charge in [0.2, 0.25) is 0 Å². The minimum atomic E-state index is -0.265. The van der Waals surface area contributed by atoms with Crippen molar-refractivity contribution in [3.8, 4) is 0 Å². The van der Waals surface area contributed by atoms with Gasteiger partial charge in [0.1, 0.15) is 5.15 Å². The molecule has 2 aromatic heterocycles. The number of amides is 1. The minimum Gasteiger partial charge on any atom is -0.298 e. The lowest BCUT2D eigenvalue weighted by molar-refractivity contribution is 0.102. The Hall–Kier alpha value is -1.95. The van der Waals surface area contributed by atoms with Crippen molar-refractivity contribution in [3.63, 3.8) is 0 Å². The van der Waals surface area contributed by atoms with Crippen LogP contribution in [-0.2, 0) is 6.42 Å². The van der Waals surface area contributed by atoms with Crippen LogP contribution in [0.5, 0.6) is 0 Å². The quantitative estimate of drug-likeness (QED) is 0.651. The van der Waals surface area contributed by atoms with E-state index in [0.29, 0.717) is 17.1 Å². The molecule has 0 saturated carbocycles. The maximum Gasteiger partial charge on any atom is 0.257 e. The summed E-state index contributed by atoms with van der Waals surface area (Å²) >= 11 is 13.4. The first-order chi connectivity index (χ1) is 11.5. The number of aromatic nitrogens is 2. The van der Waals surface area contributed by atoms with E-state index in [-0.39, 0.29) is 11.1 Å². The van der Waals surface area contributed by atoms with E-state index in [1.165, 1.54) is 23.6 Å². The summed E-state index contributed by atoms with van der Waals surface area (Å²) in [5.74, 6) is -0.265. The third-order valence-electron chi connectivity index (χ3n) is 3.38. The molecule has 0 fully saturated rings. The first-order valence-corrected chi connectivity index (χ1v) is 8.71. The number of rotatable bonds is 4. The molecule has 1 amide bonds. The fourth-order valence-electron chi connectivity index (χ4n) is 2.11. The first kappa shape index (κ1) is 16.9. The summed E-state index contributed by atoms with van der Waals surface area (Å²) < 4.78 is 0. The average Bonchev–Trinajstić information content (AvgIpc) is 2.98. The summed E-state index contributed by atoms with van der Waals surface area (Å²) in [6, 6.07) is 9.10. The lowest BCUT2D eigenvalue weighted by Gasteiger charge is -2.02. The molecule has 1 N–H and O–H groups in total. The van der Waals surface area contributed by atoms with Gasteiger partial charge in [-0.2, -0.15) is 0 Å². The number of hydrogen-bond donors (Lipinski definition) is 1. The Morgan fingerprint density at radius 1 is 1.21 bits per heavy atom. The number of aryl methyl sites for hydroxylation is 1. The van der Waals surface area contributed by atoms with E-state index in [9.17, 15) is 4.79 Å². The number of thiazole rings is 1. The molecule has 0 unspecified atom stereocenters. The monoisotopic (exact) mass is 377 g/mol. The number of nitrogens with one attached hydrogen (secondary N) is 1. The third-order valence-corrected chi connectivity index (χ3v) is 4.90. The van der Waals surface area contributed by atoms with Crippen LogP contribution >= 0.6 is 34.5 Å². The zero-order valence-corrected chi connectivity index (χ0v) is 15.0. The number of carbonyl (C=O) groups excluding carboxylic acids is 1. The van der Waals surface area contributed by atoms with Crippen LogP contribution in [0.1, 0.15) is 26.4 Å². The second-order valence-electron chi connectivity index (χ2n) is 5.21. The van der Waals surface area contributed by atoms with E-state index in [4.69, 9.17) is 23.2 Å². The number of carbonyl (C=O) groups is 1. The first-order valence-electron chi connectivity index (χ1n) is 7.14. The number of anilines is 1. The van der Waals surface area contributed by atoms with Gasteiger partial charge >= 0.3 is 0 Å². The largest absolute Gasteiger partial charge is 0.298 e. The van der Waals surface area contributed by atoms with Crippen molar-refractivity contribution in [1.82, 2.24) is 9.97 Å². The number of nitrogens with zero attached hydrogens (tertiary/aromatic N) is 2. The van der Waals surface area contributed by atoms with Gasteiger partial charge in [0.05, 0.1) is 0 Å². The highest BCUT2D eigenvalue weighted by atomic mass is 35.5. The topological polar surface area (TPSA) is 54.9 Å². The highest BCUT2D eigenvalue weighted by Crippen LogP contribution is 2.24. The van der Waals surface area contributed by atoms with Gasteiger partial charge in [-0.1, -0.05) is 35.3 Å². The maximum absolute atomic E-state index is 12.2. The van der Waals surface area contributed by atoms with Gasteiger partial charge in [-0.25, -0.2) is 9.97 Å².